The molecular formula is C40H60N2O3S. The molecule has 46 heavy (non-hydrogen) atoms. The normalized spacial score (nSPS) is 37.2. The standard InChI is InChI=1S/C37H54N2O3S.C3H6/c1-34(2)27(24-7-9-25(10-8-24)32(40)41)13-17-36(4)30(34)15-18-35(3)28-14-19-37(33(42)39-21-20-38-22-23-43)16-5-6-29(37)26(28)11-12-31(35)36;1-3-2/h7-10,13,26,28-31,38,43H,5-6,11-12,14-23H2,1-4H3,(H,39,42)(H,40,41);3H,1H2,2H3. The minimum absolute atomic E-state index is 0.0307. The number of amides is 1. The second-order valence-corrected chi connectivity index (χ2v) is 16.7. The predicted octanol–water partition coefficient (Wildman–Crippen LogP) is 8.67. The molecule has 3 N–H and O–H groups in total. The van der Waals surface area contributed by atoms with Gasteiger partial charge in [-0.1, -0.05) is 58.4 Å². The van der Waals surface area contributed by atoms with Gasteiger partial charge in [-0.3, -0.25) is 4.79 Å². The molecular weight excluding hydrogens is 589 g/mol. The van der Waals surface area contributed by atoms with Crippen molar-refractivity contribution in [1.29, 1.82) is 0 Å². The number of carbonyl (C=O) groups excluding carboxylic acids is 1. The number of fused-ring (bicyclic) bond motifs is 7. The number of rotatable bonds is 8. The van der Waals surface area contributed by atoms with Gasteiger partial charge in [0, 0.05) is 25.4 Å². The van der Waals surface area contributed by atoms with Gasteiger partial charge in [0.2, 0.25) is 5.91 Å². The molecule has 4 fully saturated rings. The van der Waals surface area contributed by atoms with Crippen molar-refractivity contribution in [3.63, 3.8) is 0 Å². The third kappa shape index (κ3) is 5.93. The highest BCUT2D eigenvalue weighted by Crippen LogP contribution is 2.73. The Morgan fingerprint density at radius 2 is 1.63 bits per heavy atom. The lowest BCUT2D eigenvalue weighted by molar-refractivity contribution is -0.181. The number of carboxylic acids is 1. The van der Waals surface area contributed by atoms with Gasteiger partial charge in [-0.25, -0.2) is 4.79 Å². The van der Waals surface area contributed by atoms with Crippen molar-refractivity contribution in [2.75, 3.05) is 25.4 Å². The van der Waals surface area contributed by atoms with Gasteiger partial charge >= 0.3 is 5.97 Å². The number of hydrogen-bond acceptors (Lipinski definition) is 4. The summed E-state index contributed by atoms with van der Waals surface area (Å²) in [5, 5.41) is 16.1. The number of benzene rings is 1. The van der Waals surface area contributed by atoms with Gasteiger partial charge in [-0.2, -0.15) is 12.6 Å². The van der Waals surface area contributed by atoms with E-state index in [0.717, 1.165) is 44.0 Å². The number of thiol groups is 1. The molecule has 6 heteroatoms. The molecule has 0 bridgehead atoms. The van der Waals surface area contributed by atoms with Crippen molar-refractivity contribution in [1.82, 2.24) is 10.6 Å². The van der Waals surface area contributed by atoms with Gasteiger partial charge in [0.1, 0.15) is 0 Å². The van der Waals surface area contributed by atoms with Crippen molar-refractivity contribution in [3.05, 3.63) is 54.1 Å². The number of aromatic carboxylic acids is 1. The Hall–Kier alpha value is -2.05. The summed E-state index contributed by atoms with van der Waals surface area (Å²) in [5.41, 5.74) is 3.40. The summed E-state index contributed by atoms with van der Waals surface area (Å²) in [5.74, 6) is 3.55. The average molecular weight is 649 g/mol. The summed E-state index contributed by atoms with van der Waals surface area (Å²) in [7, 11) is 0. The van der Waals surface area contributed by atoms with Crippen molar-refractivity contribution < 1.29 is 14.7 Å². The van der Waals surface area contributed by atoms with Crippen LogP contribution in [0.25, 0.3) is 5.57 Å². The summed E-state index contributed by atoms with van der Waals surface area (Å²) < 4.78 is 0. The fourth-order valence-electron chi connectivity index (χ4n) is 12.1. The molecule has 1 aromatic carbocycles. The minimum atomic E-state index is -0.867. The Bertz CT molecular complexity index is 1310. The fourth-order valence-corrected chi connectivity index (χ4v) is 12.3. The van der Waals surface area contributed by atoms with E-state index in [9.17, 15) is 14.7 Å². The van der Waals surface area contributed by atoms with Crippen LogP contribution in [0.4, 0.5) is 0 Å². The van der Waals surface area contributed by atoms with Gasteiger partial charge in [0.15, 0.2) is 0 Å². The van der Waals surface area contributed by atoms with Gasteiger partial charge in [0.05, 0.1) is 11.0 Å². The van der Waals surface area contributed by atoms with Crippen LogP contribution in [-0.2, 0) is 4.79 Å². The zero-order valence-corrected chi connectivity index (χ0v) is 30.1. The molecule has 0 aromatic heterocycles. The number of allylic oxidation sites excluding steroid dienone is 3. The van der Waals surface area contributed by atoms with Crippen LogP contribution in [0.5, 0.6) is 0 Å². The molecule has 0 spiro atoms. The van der Waals surface area contributed by atoms with E-state index in [2.05, 4.69) is 63.6 Å². The molecule has 1 amide bonds. The van der Waals surface area contributed by atoms with E-state index >= 15 is 0 Å². The molecule has 5 aliphatic carbocycles. The first-order chi connectivity index (χ1) is 21.9. The van der Waals surface area contributed by atoms with Crippen LogP contribution in [0.3, 0.4) is 0 Å². The summed E-state index contributed by atoms with van der Waals surface area (Å²) in [6, 6.07) is 7.55. The SMILES string of the molecule is C=CC.CC1(C)C(c2ccc(C(=O)O)cc2)=CCC2(C)C1CCC1(C)C3CCC4(C(=O)NCCNCCS)CCCC4C3CCC12. The van der Waals surface area contributed by atoms with E-state index in [-0.39, 0.29) is 16.2 Å². The maximum atomic E-state index is 13.8. The van der Waals surface area contributed by atoms with Crippen molar-refractivity contribution in [2.24, 2.45) is 51.2 Å². The highest BCUT2D eigenvalue weighted by Gasteiger charge is 2.66. The molecule has 254 valence electrons. The summed E-state index contributed by atoms with van der Waals surface area (Å²) in [6.45, 7) is 17.8. The van der Waals surface area contributed by atoms with E-state index < -0.39 is 5.97 Å². The molecule has 6 rings (SSSR count). The smallest absolute Gasteiger partial charge is 0.335 e. The van der Waals surface area contributed by atoms with Gasteiger partial charge in [-0.15, -0.1) is 6.58 Å². The molecule has 0 radical (unpaired) electrons. The number of nitrogens with one attached hydrogen (secondary N) is 2. The predicted molar refractivity (Wildman–Crippen MR) is 193 cm³/mol. The molecule has 5 aliphatic rings. The highest BCUT2D eigenvalue weighted by molar-refractivity contribution is 7.80. The van der Waals surface area contributed by atoms with Crippen LogP contribution in [0, 0.1) is 51.2 Å². The van der Waals surface area contributed by atoms with Crippen LogP contribution < -0.4 is 10.6 Å². The van der Waals surface area contributed by atoms with Gasteiger partial charge < -0.3 is 15.7 Å². The second kappa shape index (κ2) is 13.8. The van der Waals surface area contributed by atoms with Crippen molar-refractivity contribution >= 4 is 30.1 Å². The number of carbonyl (C=O) groups is 2. The molecule has 8 unspecified atom stereocenters. The molecule has 0 saturated heterocycles. The monoisotopic (exact) mass is 648 g/mol. The van der Waals surface area contributed by atoms with E-state index in [1.807, 2.05) is 19.1 Å². The molecule has 0 aliphatic heterocycles. The Morgan fingerprint density at radius 3 is 2.30 bits per heavy atom. The fraction of sp³-hybridized carbons (Fsp3) is 0.700. The maximum absolute atomic E-state index is 13.8. The molecule has 8 atom stereocenters. The van der Waals surface area contributed by atoms with Crippen LogP contribution in [0.1, 0.15) is 115 Å². The van der Waals surface area contributed by atoms with Gasteiger partial charge in [0.25, 0.3) is 0 Å². The maximum Gasteiger partial charge on any atom is 0.335 e. The summed E-state index contributed by atoms with van der Waals surface area (Å²) in [4.78, 5) is 25.2. The van der Waals surface area contributed by atoms with E-state index in [4.69, 9.17) is 0 Å². The Kier molecular flexibility index (Phi) is 10.6. The van der Waals surface area contributed by atoms with E-state index in [1.165, 1.54) is 56.1 Å². The Labute approximate surface area is 284 Å². The topological polar surface area (TPSA) is 78.4 Å². The summed E-state index contributed by atoms with van der Waals surface area (Å²) >= 11 is 4.28. The third-order valence-electron chi connectivity index (χ3n) is 13.9. The largest absolute Gasteiger partial charge is 0.478 e. The van der Waals surface area contributed by atoms with Crippen LogP contribution in [0.2, 0.25) is 0 Å². The first-order valence-corrected chi connectivity index (χ1v) is 18.7. The lowest BCUT2D eigenvalue weighted by Gasteiger charge is -2.68. The molecule has 5 nitrogen and oxygen atoms in total. The van der Waals surface area contributed by atoms with E-state index in [0.29, 0.717) is 47.1 Å². The number of hydrogen-bond donors (Lipinski definition) is 4. The molecule has 4 saturated carbocycles. The Balaban J connectivity index is 0.00000134. The third-order valence-corrected chi connectivity index (χ3v) is 14.1. The summed E-state index contributed by atoms with van der Waals surface area (Å²) in [6.07, 6.45) is 16.3. The first kappa shape index (κ1) is 35.3. The average Bonchev–Trinajstić information content (AvgIpc) is 3.47. The zero-order valence-electron chi connectivity index (χ0n) is 29.2. The van der Waals surface area contributed by atoms with Crippen LogP contribution in [0.15, 0.2) is 43.0 Å². The number of carboxylic acid groups (broad SMARTS) is 1. The molecule has 0 heterocycles. The van der Waals surface area contributed by atoms with E-state index in [1.54, 1.807) is 18.2 Å². The van der Waals surface area contributed by atoms with Crippen LogP contribution in [-0.4, -0.2) is 42.4 Å². The van der Waals surface area contributed by atoms with Crippen molar-refractivity contribution in [2.45, 2.75) is 98.8 Å². The quantitative estimate of drug-likeness (QED) is 0.129. The van der Waals surface area contributed by atoms with Crippen molar-refractivity contribution in [3.8, 4) is 0 Å². The Morgan fingerprint density at radius 1 is 0.913 bits per heavy atom. The van der Waals surface area contributed by atoms with Gasteiger partial charge in [-0.05, 0) is 134 Å². The second-order valence-electron chi connectivity index (χ2n) is 16.3. The van der Waals surface area contributed by atoms with Crippen LogP contribution >= 0.6 is 12.6 Å². The highest BCUT2D eigenvalue weighted by atomic mass is 32.1. The lowest BCUT2D eigenvalue weighted by Crippen LogP contribution is -2.62. The minimum Gasteiger partial charge on any atom is -0.478 e. The lowest BCUT2D eigenvalue weighted by atomic mass is 9.36. The zero-order chi connectivity index (χ0) is 33.3. The molecule has 1 aromatic rings. The first-order valence-electron chi connectivity index (χ1n) is 18.1.